The minimum atomic E-state index is -0.463. The summed E-state index contributed by atoms with van der Waals surface area (Å²) in [6.07, 6.45) is 0.931. The van der Waals surface area contributed by atoms with Gasteiger partial charge in [0.2, 0.25) is 0 Å². The molecule has 0 saturated heterocycles. The molecule has 2 aromatic rings. The third-order valence-corrected chi connectivity index (χ3v) is 3.76. The summed E-state index contributed by atoms with van der Waals surface area (Å²) in [6, 6.07) is 13.2. The van der Waals surface area contributed by atoms with Crippen molar-refractivity contribution in [3.05, 3.63) is 59.7 Å². The van der Waals surface area contributed by atoms with Crippen LogP contribution in [0.2, 0.25) is 0 Å². The average molecular weight is 342 g/mol. The maximum atomic E-state index is 12.1. The van der Waals surface area contributed by atoms with Crippen molar-refractivity contribution in [3.63, 3.8) is 0 Å². The lowest BCUT2D eigenvalue weighted by atomic mass is 10.1. The summed E-state index contributed by atoms with van der Waals surface area (Å²) < 4.78 is 16.1. The first-order chi connectivity index (χ1) is 12.0. The molecule has 2 aromatic carbocycles. The summed E-state index contributed by atoms with van der Waals surface area (Å²) in [7, 11) is 1.67. The Balaban J connectivity index is 1.90. The maximum absolute atomic E-state index is 12.1. The number of benzene rings is 2. The van der Waals surface area contributed by atoms with E-state index in [0.717, 1.165) is 6.42 Å². The Morgan fingerprint density at radius 3 is 2.04 bits per heavy atom. The standard InChI is InChI=1S/C20H22O5/c1-14(23-3)12-13-24-18-8-6-17(7-9-18)20(22)25-19-10-4-16(5-11-19)15(2)21/h4-11,14H,12-13H2,1-3H3. The van der Waals surface area contributed by atoms with Gasteiger partial charge in [-0.2, -0.15) is 0 Å². The van der Waals surface area contributed by atoms with Gasteiger partial charge < -0.3 is 14.2 Å². The number of hydrogen-bond acceptors (Lipinski definition) is 5. The fraction of sp³-hybridized carbons (Fsp3) is 0.300. The first-order valence-corrected chi connectivity index (χ1v) is 8.08. The van der Waals surface area contributed by atoms with Gasteiger partial charge in [0.1, 0.15) is 11.5 Å². The fourth-order valence-corrected chi connectivity index (χ4v) is 2.07. The van der Waals surface area contributed by atoms with Crippen LogP contribution in [0.25, 0.3) is 0 Å². The number of ketones is 1. The largest absolute Gasteiger partial charge is 0.493 e. The number of carbonyl (C=O) groups is 2. The lowest BCUT2D eigenvalue weighted by Crippen LogP contribution is -2.11. The van der Waals surface area contributed by atoms with Crippen LogP contribution in [0.15, 0.2) is 48.5 Å². The molecule has 5 nitrogen and oxygen atoms in total. The van der Waals surface area contributed by atoms with Gasteiger partial charge in [-0.1, -0.05) is 0 Å². The summed E-state index contributed by atoms with van der Waals surface area (Å²) in [5.74, 6) is 0.582. The van der Waals surface area contributed by atoms with Crippen LogP contribution >= 0.6 is 0 Å². The molecule has 0 aromatic heterocycles. The summed E-state index contributed by atoms with van der Waals surface area (Å²) in [4.78, 5) is 23.4. The molecule has 25 heavy (non-hydrogen) atoms. The molecule has 0 bridgehead atoms. The van der Waals surface area contributed by atoms with Crippen LogP contribution in [0.4, 0.5) is 0 Å². The van der Waals surface area contributed by atoms with E-state index in [4.69, 9.17) is 14.2 Å². The van der Waals surface area contributed by atoms with E-state index in [1.165, 1.54) is 6.92 Å². The first kappa shape index (κ1) is 18.7. The molecular weight excluding hydrogens is 320 g/mol. The normalized spacial score (nSPS) is 11.6. The molecule has 2 rings (SSSR count). The minimum absolute atomic E-state index is 0.0339. The molecule has 0 aliphatic carbocycles. The lowest BCUT2D eigenvalue weighted by molar-refractivity contribution is 0.0734. The molecule has 132 valence electrons. The lowest BCUT2D eigenvalue weighted by Gasteiger charge is -2.11. The molecule has 0 radical (unpaired) electrons. The van der Waals surface area contributed by atoms with E-state index in [-0.39, 0.29) is 11.9 Å². The highest BCUT2D eigenvalue weighted by Gasteiger charge is 2.09. The summed E-state index contributed by atoms with van der Waals surface area (Å²) >= 11 is 0. The van der Waals surface area contributed by atoms with E-state index >= 15 is 0 Å². The Labute approximate surface area is 147 Å². The highest BCUT2D eigenvalue weighted by molar-refractivity contribution is 5.94. The van der Waals surface area contributed by atoms with Crippen molar-refractivity contribution in [2.24, 2.45) is 0 Å². The Morgan fingerprint density at radius 2 is 1.48 bits per heavy atom. The number of ether oxygens (including phenoxy) is 3. The number of Topliss-reactive ketones (excluding diaryl/α,β-unsaturated/α-hetero) is 1. The molecule has 5 heteroatoms. The van der Waals surface area contributed by atoms with Crippen molar-refractivity contribution in [1.82, 2.24) is 0 Å². The predicted molar refractivity (Wildman–Crippen MR) is 94.4 cm³/mol. The smallest absolute Gasteiger partial charge is 0.343 e. The molecule has 0 saturated carbocycles. The molecule has 1 unspecified atom stereocenters. The van der Waals surface area contributed by atoms with E-state index in [1.807, 2.05) is 6.92 Å². The quantitative estimate of drug-likeness (QED) is 0.413. The van der Waals surface area contributed by atoms with Crippen molar-refractivity contribution in [1.29, 1.82) is 0 Å². The number of esters is 1. The van der Waals surface area contributed by atoms with Crippen LogP contribution in [0.3, 0.4) is 0 Å². The van der Waals surface area contributed by atoms with E-state index < -0.39 is 5.97 Å². The van der Waals surface area contributed by atoms with Gasteiger partial charge in [-0.25, -0.2) is 4.79 Å². The second kappa shape index (κ2) is 8.99. The second-order valence-electron chi connectivity index (χ2n) is 5.68. The number of methoxy groups -OCH3 is 1. The van der Waals surface area contributed by atoms with Crippen molar-refractivity contribution < 1.29 is 23.8 Å². The van der Waals surface area contributed by atoms with Crippen LogP contribution in [0.1, 0.15) is 41.0 Å². The SMILES string of the molecule is COC(C)CCOc1ccc(C(=O)Oc2ccc(C(C)=O)cc2)cc1. The highest BCUT2D eigenvalue weighted by Crippen LogP contribution is 2.17. The third-order valence-electron chi connectivity index (χ3n) is 3.76. The van der Waals surface area contributed by atoms with Gasteiger partial charge in [-0.05, 0) is 62.4 Å². The van der Waals surface area contributed by atoms with Crippen LogP contribution in [0.5, 0.6) is 11.5 Å². The Morgan fingerprint density at radius 1 is 0.920 bits per heavy atom. The highest BCUT2D eigenvalue weighted by atomic mass is 16.5. The van der Waals surface area contributed by atoms with Crippen LogP contribution < -0.4 is 9.47 Å². The molecular formula is C20H22O5. The third kappa shape index (κ3) is 5.72. The molecule has 0 aliphatic heterocycles. The molecule has 0 fully saturated rings. The Kier molecular flexibility index (Phi) is 6.71. The van der Waals surface area contributed by atoms with Crippen LogP contribution in [-0.4, -0.2) is 31.6 Å². The summed E-state index contributed by atoms with van der Waals surface area (Å²) in [5.41, 5.74) is 0.998. The van der Waals surface area contributed by atoms with Gasteiger partial charge in [-0.3, -0.25) is 4.79 Å². The fourth-order valence-electron chi connectivity index (χ4n) is 2.07. The van der Waals surface area contributed by atoms with Gasteiger partial charge in [0.05, 0.1) is 18.3 Å². The molecule has 0 amide bonds. The number of rotatable bonds is 8. The monoisotopic (exact) mass is 342 g/mol. The predicted octanol–water partition coefficient (Wildman–Crippen LogP) is 3.91. The van der Waals surface area contributed by atoms with Crippen molar-refractivity contribution in [3.8, 4) is 11.5 Å². The van der Waals surface area contributed by atoms with Crippen LogP contribution in [-0.2, 0) is 4.74 Å². The van der Waals surface area contributed by atoms with Gasteiger partial charge >= 0.3 is 5.97 Å². The molecule has 1 atom stereocenters. The number of carbonyl (C=O) groups excluding carboxylic acids is 2. The molecule has 0 spiro atoms. The second-order valence-corrected chi connectivity index (χ2v) is 5.68. The van der Waals surface area contributed by atoms with Gasteiger partial charge in [-0.15, -0.1) is 0 Å². The first-order valence-electron chi connectivity index (χ1n) is 8.08. The van der Waals surface area contributed by atoms with E-state index in [1.54, 1.807) is 55.6 Å². The molecule has 0 N–H and O–H groups in total. The average Bonchev–Trinajstić information content (AvgIpc) is 2.62. The van der Waals surface area contributed by atoms with E-state index in [0.29, 0.717) is 29.2 Å². The molecule has 0 aliphatic rings. The Hall–Kier alpha value is -2.66. The zero-order valence-electron chi connectivity index (χ0n) is 14.7. The molecule has 0 heterocycles. The number of hydrogen-bond donors (Lipinski definition) is 0. The minimum Gasteiger partial charge on any atom is -0.493 e. The van der Waals surface area contributed by atoms with Crippen LogP contribution in [0, 0.1) is 0 Å². The van der Waals surface area contributed by atoms with Gasteiger partial charge in [0, 0.05) is 19.1 Å². The summed E-state index contributed by atoms with van der Waals surface area (Å²) in [6.45, 7) is 4.01. The Bertz CT molecular complexity index is 704. The van der Waals surface area contributed by atoms with Crippen molar-refractivity contribution in [2.75, 3.05) is 13.7 Å². The zero-order valence-corrected chi connectivity index (χ0v) is 14.7. The van der Waals surface area contributed by atoms with Gasteiger partial charge in [0.15, 0.2) is 5.78 Å². The zero-order chi connectivity index (χ0) is 18.2. The summed E-state index contributed by atoms with van der Waals surface area (Å²) in [5, 5.41) is 0. The van der Waals surface area contributed by atoms with Gasteiger partial charge in [0.25, 0.3) is 0 Å². The van der Waals surface area contributed by atoms with E-state index in [9.17, 15) is 9.59 Å². The van der Waals surface area contributed by atoms with E-state index in [2.05, 4.69) is 0 Å². The van der Waals surface area contributed by atoms with Crippen molar-refractivity contribution in [2.45, 2.75) is 26.4 Å². The van der Waals surface area contributed by atoms with Crippen molar-refractivity contribution >= 4 is 11.8 Å². The topological polar surface area (TPSA) is 61.8 Å². The maximum Gasteiger partial charge on any atom is 0.343 e.